The van der Waals surface area contributed by atoms with Gasteiger partial charge in [0.2, 0.25) is 5.89 Å². The van der Waals surface area contributed by atoms with Gasteiger partial charge in [0.25, 0.3) is 0 Å². The molecule has 0 aliphatic heterocycles. The first-order valence-corrected chi connectivity index (χ1v) is 6.82. The van der Waals surface area contributed by atoms with Gasteiger partial charge in [0.1, 0.15) is 0 Å². The number of nitrogens with zero attached hydrogens (tertiary/aromatic N) is 2. The first-order valence-electron chi connectivity index (χ1n) is 6.82. The normalized spacial score (nSPS) is 11.6. The van der Waals surface area contributed by atoms with Crippen molar-refractivity contribution in [3.8, 4) is 0 Å². The highest BCUT2D eigenvalue weighted by molar-refractivity contribution is 5.83. The number of fused-ring (bicyclic) bond motifs is 1. The molecule has 1 aromatic carbocycles. The summed E-state index contributed by atoms with van der Waals surface area (Å²) in [5.41, 5.74) is 2.32. The molecule has 3 aromatic rings. The molecule has 2 N–H and O–H groups in total. The third kappa shape index (κ3) is 2.72. The molecular formula is C15H18N4O. The van der Waals surface area contributed by atoms with Gasteiger partial charge in [-0.1, -0.05) is 37.2 Å². The number of hydrogen-bond donors (Lipinski definition) is 2. The molecule has 5 nitrogen and oxygen atoms in total. The van der Waals surface area contributed by atoms with E-state index in [1.807, 2.05) is 18.3 Å². The predicted molar refractivity (Wildman–Crippen MR) is 77.4 cm³/mol. The first-order chi connectivity index (χ1) is 9.72. The van der Waals surface area contributed by atoms with E-state index in [1.165, 1.54) is 10.9 Å². The summed E-state index contributed by atoms with van der Waals surface area (Å²) in [6.45, 7) is 4.78. The molecule has 20 heavy (non-hydrogen) atoms. The summed E-state index contributed by atoms with van der Waals surface area (Å²) in [7, 11) is 0. The van der Waals surface area contributed by atoms with E-state index in [1.54, 1.807) is 0 Å². The lowest BCUT2D eigenvalue weighted by atomic mass is 10.1. The van der Waals surface area contributed by atoms with Gasteiger partial charge < -0.3 is 14.8 Å². The van der Waals surface area contributed by atoms with Crippen LogP contribution in [0, 0.1) is 0 Å². The molecule has 104 valence electrons. The molecule has 0 spiro atoms. The lowest BCUT2D eigenvalue weighted by molar-refractivity contribution is 0.358. The van der Waals surface area contributed by atoms with Gasteiger partial charge in [-0.15, -0.1) is 0 Å². The van der Waals surface area contributed by atoms with Crippen LogP contribution in [0.2, 0.25) is 0 Å². The fourth-order valence-corrected chi connectivity index (χ4v) is 2.17. The topological polar surface area (TPSA) is 66.7 Å². The Balaban J connectivity index is 1.74. The maximum Gasteiger partial charge on any atom is 0.240 e. The monoisotopic (exact) mass is 270 g/mol. The van der Waals surface area contributed by atoms with Crippen molar-refractivity contribution in [1.29, 1.82) is 0 Å². The summed E-state index contributed by atoms with van der Waals surface area (Å²) in [5, 5.41) is 8.50. The quantitative estimate of drug-likeness (QED) is 0.748. The van der Waals surface area contributed by atoms with Gasteiger partial charge in [-0.2, -0.15) is 4.98 Å². The molecule has 0 aliphatic rings. The Morgan fingerprint density at radius 3 is 3.00 bits per heavy atom. The van der Waals surface area contributed by atoms with E-state index in [0.717, 1.165) is 11.3 Å². The van der Waals surface area contributed by atoms with E-state index in [9.17, 15) is 0 Å². The summed E-state index contributed by atoms with van der Waals surface area (Å²) in [6, 6.07) is 8.62. The minimum atomic E-state index is 0.402. The molecule has 0 saturated heterocycles. The van der Waals surface area contributed by atoms with Gasteiger partial charge in [0.05, 0.1) is 6.54 Å². The average molecular weight is 270 g/mol. The van der Waals surface area contributed by atoms with E-state index in [-0.39, 0.29) is 0 Å². The van der Waals surface area contributed by atoms with Crippen molar-refractivity contribution in [2.24, 2.45) is 0 Å². The van der Waals surface area contributed by atoms with Crippen LogP contribution in [0.5, 0.6) is 0 Å². The third-order valence-electron chi connectivity index (χ3n) is 3.20. The van der Waals surface area contributed by atoms with Crippen LogP contribution in [0.1, 0.15) is 31.1 Å². The van der Waals surface area contributed by atoms with Crippen LogP contribution in [0.25, 0.3) is 10.9 Å². The molecule has 0 bridgehead atoms. The average Bonchev–Trinajstić information content (AvgIpc) is 3.05. The highest BCUT2D eigenvalue weighted by atomic mass is 16.5. The number of benzene rings is 1. The van der Waals surface area contributed by atoms with E-state index < -0.39 is 0 Å². The second kappa shape index (κ2) is 5.46. The minimum absolute atomic E-state index is 0.402. The zero-order valence-corrected chi connectivity index (χ0v) is 11.7. The Labute approximate surface area is 117 Å². The van der Waals surface area contributed by atoms with E-state index in [2.05, 4.69) is 46.4 Å². The van der Waals surface area contributed by atoms with Gasteiger partial charge in [0, 0.05) is 29.6 Å². The summed E-state index contributed by atoms with van der Waals surface area (Å²) in [5.74, 6) is 1.35. The van der Waals surface area contributed by atoms with Gasteiger partial charge in [-0.05, 0) is 11.6 Å². The van der Waals surface area contributed by atoms with Crippen LogP contribution in [0.4, 0.5) is 0 Å². The number of para-hydroxylation sites is 1. The standard InChI is InChI=1S/C15H18N4O/c1-10(2)16-9-15-18-14(19-20-15)7-11-8-17-13-6-4-3-5-12(11)13/h3-6,8,10,16-17H,7,9H2,1-2H3. The van der Waals surface area contributed by atoms with Crippen LogP contribution in [-0.2, 0) is 13.0 Å². The number of H-pyrrole nitrogens is 1. The fourth-order valence-electron chi connectivity index (χ4n) is 2.17. The predicted octanol–water partition coefficient (Wildman–Crippen LogP) is 2.64. The second-order valence-corrected chi connectivity index (χ2v) is 5.18. The van der Waals surface area contributed by atoms with Crippen molar-refractivity contribution in [1.82, 2.24) is 20.4 Å². The van der Waals surface area contributed by atoms with Gasteiger partial charge in [-0.3, -0.25) is 0 Å². The fraction of sp³-hybridized carbons (Fsp3) is 0.333. The van der Waals surface area contributed by atoms with E-state index >= 15 is 0 Å². The lowest BCUT2D eigenvalue weighted by Gasteiger charge is -2.02. The highest BCUT2D eigenvalue weighted by Crippen LogP contribution is 2.19. The Morgan fingerprint density at radius 2 is 2.15 bits per heavy atom. The Hall–Kier alpha value is -2.14. The van der Waals surface area contributed by atoms with Crippen molar-refractivity contribution in [3.63, 3.8) is 0 Å². The molecule has 2 heterocycles. The smallest absolute Gasteiger partial charge is 0.240 e. The van der Waals surface area contributed by atoms with Gasteiger partial charge >= 0.3 is 0 Å². The summed E-state index contributed by atoms with van der Waals surface area (Å²) >= 11 is 0. The Morgan fingerprint density at radius 1 is 1.30 bits per heavy atom. The molecular weight excluding hydrogens is 252 g/mol. The van der Waals surface area contributed by atoms with Crippen molar-refractivity contribution in [2.45, 2.75) is 32.9 Å². The molecule has 0 aliphatic carbocycles. The Bertz CT molecular complexity index is 699. The molecule has 0 unspecified atom stereocenters. The number of aromatic amines is 1. The van der Waals surface area contributed by atoms with Crippen molar-refractivity contribution >= 4 is 10.9 Å². The van der Waals surface area contributed by atoms with E-state index in [4.69, 9.17) is 4.52 Å². The van der Waals surface area contributed by atoms with Crippen LogP contribution < -0.4 is 5.32 Å². The molecule has 0 saturated carbocycles. The van der Waals surface area contributed by atoms with Crippen LogP contribution in [-0.4, -0.2) is 21.2 Å². The van der Waals surface area contributed by atoms with Crippen molar-refractivity contribution in [2.75, 3.05) is 0 Å². The maximum atomic E-state index is 5.24. The van der Waals surface area contributed by atoms with Crippen molar-refractivity contribution < 1.29 is 4.52 Å². The van der Waals surface area contributed by atoms with Crippen LogP contribution >= 0.6 is 0 Å². The van der Waals surface area contributed by atoms with Crippen LogP contribution in [0.3, 0.4) is 0 Å². The third-order valence-corrected chi connectivity index (χ3v) is 3.20. The highest BCUT2D eigenvalue weighted by Gasteiger charge is 2.10. The molecule has 3 rings (SSSR count). The van der Waals surface area contributed by atoms with Crippen molar-refractivity contribution in [3.05, 3.63) is 47.7 Å². The number of aromatic nitrogens is 3. The van der Waals surface area contributed by atoms with Gasteiger partial charge in [0.15, 0.2) is 5.82 Å². The maximum absolute atomic E-state index is 5.24. The largest absolute Gasteiger partial charge is 0.361 e. The number of rotatable bonds is 5. The summed E-state index contributed by atoms with van der Waals surface area (Å²) in [6.07, 6.45) is 2.68. The lowest BCUT2D eigenvalue weighted by Crippen LogP contribution is -2.21. The second-order valence-electron chi connectivity index (χ2n) is 5.18. The van der Waals surface area contributed by atoms with E-state index in [0.29, 0.717) is 24.9 Å². The van der Waals surface area contributed by atoms with Crippen LogP contribution in [0.15, 0.2) is 35.0 Å². The number of nitrogens with one attached hydrogen (secondary N) is 2. The zero-order chi connectivity index (χ0) is 13.9. The minimum Gasteiger partial charge on any atom is -0.361 e. The first kappa shape index (κ1) is 12.9. The van der Waals surface area contributed by atoms with Gasteiger partial charge in [-0.25, -0.2) is 0 Å². The molecule has 0 fully saturated rings. The number of hydrogen-bond acceptors (Lipinski definition) is 4. The zero-order valence-electron chi connectivity index (χ0n) is 11.7. The Kier molecular flexibility index (Phi) is 3.52. The SMILES string of the molecule is CC(C)NCc1nc(Cc2c[nH]c3ccccc23)no1. The summed E-state index contributed by atoms with van der Waals surface area (Å²) in [4.78, 5) is 7.67. The molecule has 5 heteroatoms. The molecule has 0 amide bonds. The summed E-state index contributed by atoms with van der Waals surface area (Å²) < 4.78 is 5.24. The molecule has 0 radical (unpaired) electrons. The molecule has 0 atom stereocenters. The molecule has 2 aromatic heterocycles.